The summed E-state index contributed by atoms with van der Waals surface area (Å²) in [5, 5.41) is 2.97. The molecule has 0 aliphatic heterocycles. The van der Waals surface area contributed by atoms with Gasteiger partial charge < -0.3 is 0 Å². The zero-order valence-electron chi connectivity index (χ0n) is 25.0. The van der Waals surface area contributed by atoms with Crippen molar-refractivity contribution in [1.82, 2.24) is 0 Å². The normalized spacial score (nSPS) is 8.00. The van der Waals surface area contributed by atoms with Crippen LogP contribution in [0.4, 0.5) is 0 Å². The molecule has 0 aliphatic rings. The summed E-state index contributed by atoms with van der Waals surface area (Å²) >= 11 is 0. The summed E-state index contributed by atoms with van der Waals surface area (Å²) in [6.07, 6.45) is 0. The van der Waals surface area contributed by atoms with Gasteiger partial charge in [0.05, 0.1) is 0 Å². The van der Waals surface area contributed by atoms with E-state index in [9.17, 15) is 0 Å². The SMILES string of the molecule is CC.CC.CC.CC.CC.CC.Cc1c(C)c(C)c2c(C)c(C)c(C)c(C)c2c1C. The van der Waals surface area contributed by atoms with E-state index in [1.54, 1.807) is 0 Å². The van der Waals surface area contributed by atoms with Crippen molar-refractivity contribution in [3.63, 3.8) is 0 Å². The first-order chi connectivity index (χ1) is 14.3. The van der Waals surface area contributed by atoms with Gasteiger partial charge in [0.15, 0.2) is 0 Å². The minimum absolute atomic E-state index is 1.45. The summed E-state index contributed by atoms with van der Waals surface area (Å²) in [4.78, 5) is 0. The van der Waals surface area contributed by atoms with E-state index in [1.165, 1.54) is 55.3 Å². The Balaban J connectivity index is -0.000000150. The van der Waals surface area contributed by atoms with Crippen molar-refractivity contribution in [2.24, 2.45) is 0 Å². The molecular weight excluding hydrogens is 360 g/mol. The number of hydrogen-bond acceptors (Lipinski definition) is 0. The van der Waals surface area contributed by atoms with E-state index in [0.717, 1.165) is 0 Å². The Labute approximate surface area is 193 Å². The molecule has 0 nitrogen and oxygen atoms in total. The minimum Gasteiger partial charge on any atom is -0.0683 e. The van der Waals surface area contributed by atoms with Gasteiger partial charge in [0.2, 0.25) is 0 Å². The van der Waals surface area contributed by atoms with Crippen LogP contribution in [0.5, 0.6) is 0 Å². The van der Waals surface area contributed by atoms with Crippen LogP contribution in [0.25, 0.3) is 10.8 Å². The van der Waals surface area contributed by atoms with Crippen molar-refractivity contribution in [2.75, 3.05) is 0 Å². The van der Waals surface area contributed by atoms with Crippen molar-refractivity contribution < 1.29 is 0 Å². The number of hydrogen-bond donors (Lipinski definition) is 0. The van der Waals surface area contributed by atoms with E-state index >= 15 is 0 Å². The maximum Gasteiger partial charge on any atom is -0.0114 e. The van der Waals surface area contributed by atoms with Crippen LogP contribution in [0, 0.1) is 55.4 Å². The van der Waals surface area contributed by atoms with E-state index in [1.807, 2.05) is 83.1 Å². The highest BCUT2D eigenvalue weighted by Crippen LogP contribution is 2.36. The lowest BCUT2D eigenvalue weighted by atomic mass is 9.83. The predicted octanol–water partition coefficient (Wildman–Crippen LogP) is 11.5. The standard InChI is InChI=1S/C18H24.6C2H6/c1-9-10(2)14(6)18-16(8)12(4)11(3)15(7)17(18)13(9)5;6*1-2/h1-8H3;6*1-2H3. The predicted molar refractivity (Wildman–Crippen MR) is 150 cm³/mol. The van der Waals surface area contributed by atoms with Gasteiger partial charge in [-0.15, -0.1) is 0 Å². The van der Waals surface area contributed by atoms with E-state index < -0.39 is 0 Å². The van der Waals surface area contributed by atoms with Gasteiger partial charge in [0, 0.05) is 0 Å². The van der Waals surface area contributed by atoms with Crippen molar-refractivity contribution in [3.8, 4) is 0 Å². The number of aryl methyl sites for hydroxylation is 4. The molecule has 0 heteroatoms. The third-order valence-electron chi connectivity index (χ3n) is 5.12. The van der Waals surface area contributed by atoms with Crippen LogP contribution in [0.3, 0.4) is 0 Å². The van der Waals surface area contributed by atoms with Gasteiger partial charge in [-0.25, -0.2) is 0 Å². The second-order valence-corrected chi connectivity index (χ2v) is 5.75. The molecule has 0 spiro atoms. The van der Waals surface area contributed by atoms with E-state index in [4.69, 9.17) is 0 Å². The largest absolute Gasteiger partial charge is 0.0683 e. The Hall–Kier alpha value is -1.30. The highest BCUT2D eigenvalue weighted by atomic mass is 14.2. The number of rotatable bonds is 0. The Morgan fingerprint density at radius 3 is 0.400 bits per heavy atom. The molecule has 0 fully saturated rings. The van der Waals surface area contributed by atoms with Crippen LogP contribution in [0.15, 0.2) is 0 Å². The van der Waals surface area contributed by atoms with Gasteiger partial charge in [-0.3, -0.25) is 0 Å². The summed E-state index contributed by atoms with van der Waals surface area (Å²) in [5.74, 6) is 0. The molecule has 0 N–H and O–H groups in total. The molecule has 0 saturated heterocycles. The first-order valence-electron chi connectivity index (χ1n) is 12.8. The molecule has 0 amide bonds. The van der Waals surface area contributed by atoms with Crippen molar-refractivity contribution in [1.29, 1.82) is 0 Å². The van der Waals surface area contributed by atoms with Crippen LogP contribution in [0.2, 0.25) is 0 Å². The summed E-state index contributed by atoms with van der Waals surface area (Å²) in [6, 6.07) is 0. The van der Waals surface area contributed by atoms with Crippen molar-refractivity contribution >= 4 is 10.8 Å². The number of fused-ring (bicyclic) bond motifs is 1. The fourth-order valence-electron chi connectivity index (χ4n) is 3.19. The molecule has 2 aromatic rings. The van der Waals surface area contributed by atoms with E-state index in [-0.39, 0.29) is 0 Å². The maximum absolute atomic E-state index is 2.27. The molecule has 0 saturated carbocycles. The van der Waals surface area contributed by atoms with Crippen LogP contribution in [0.1, 0.15) is 128 Å². The van der Waals surface area contributed by atoms with Crippen LogP contribution < -0.4 is 0 Å². The Morgan fingerprint density at radius 1 is 0.200 bits per heavy atom. The molecular formula is C30H60. The maximum atomic E-state index is 2.27. The lowest BCUT2D eigenvalue weighted by Gasteiger charge is -2.21. The molecule has 180 valence electrons. The zero-order chi connectivity index (χ0) is 25.8. The molecule has 0 unspecified atom stereocenters. The fraction of sp³-hybridized carbons (Fsp3) is 0.667. The lowest BCUT2D eigenvalue weighted by Crippen LogP contribution is -2.01. The summed E-state index contributed by atoms with van der Waals surface area (Å²) < 4.78 is 0. The summed E-state index contributed by atoms with van der Waals surface area (Å²) in [6.45, 7) is 42.1. The topological polar surface area (TPSA) is 0 Å². The monoisotopic (exact) mass is 420 g/mol. The molecule has 2 rings (SSSR count). The van der Waals surface area contributed by atoms with Crippen molar-refractivity contribution in [3.05, 3.63) is 44.5 Å². The first-order valence-corrected chi connectivity index (χ1v) is 12.8. The van der Waals surface area contributed by atoms with Gasteiger partial charge in [0.1, 0.15) is 0 Å². The summed E-state index contributed by atoms with van der Waals surface area (Å²) in [5.41, 5.74) is 11.6. The lowest BCUT2D eigenvalue weighted by molar-refractivity contribution is 1.20. The van der Waals surface area contributed by atoms with E-state index in [2.05, 4.69) is 55.4 Å². The summed E-state index contributed by atoms with van der Waals surface area (Å²) in [7, 11) is 0. The van der Waals surface area contributed by atoms with Gasteiger partial charge in [-0.1, -0.05) is 83.1 Å². The molecule has 2 aromatic carbocycles. The molecule has 0 heterocycles. The van der Waals surface area contributed by atoms with Crippen LogP contribution in [-0.2, 0) is 0 Å². The van der Waals surface area contributed by atoms with Gasteiger partial charge in [-0.2, -0.15) is 0 Å². The van der Waals surface area contributed by atoms with Crippen LogP contribution >= 0.6 is 0 Å². The Bertz CT molecular complexity index is 545. The molecule has 0 atom stereocenters. The van der Waals surface area contributed by atoms with Gasteiger partial charge >= 0.3 is 0 Å². The molecule has 0 aromatic heterocycles. The molecule has 0 radical (unpaired) electrons. The van der Waals surface area contributed by atoms with E-state index in [0.29, 0.717) is 0 Å². The quantitative estimate of drug-likeness (QED) is 0.397. The Morgan fingerprint density at radius 2 is 0.300 bits per heavy atom. The first kappa shape index (κ1) is 39.2. The molecule has 0 aliphatic carbocycles. The molecule has 30 heavy (non-hydrogen) atoms. The van der Waals surface area contributed by atoms with Crippen molar-refractivity contribution in [2.45, 2.75) is 138 Å². The third-order valence-corrected chi connectivity index (χ3v) is 5.12. The molecule has 0 bridgehead atoms. The average molecular weight is 421 g/mol. The zero-order valence-corrected chi connectivity index (χ0v) is 25.0. The van der Waals surface area contributed by atoms with Gasteiger partial charge in [0.25, 0.3) is 0 Å². The Kier molecular flexibility index (Phi) is 31.3. The second kappa shape index (κ2) is 24.0. The van der Waals surface area contributed by atoms with Gasteiger partial charge in [-0.05, 0) is 111 Å². The fourth-order valence-corrected chi connectivity index (χ4v) is 3.19. The second-order valence-electron chi connectivity index (χ2n) is 5.75. The third kappa shape index (κ3) is 9.67. The highest BCUT2D eigenvalue weighted by molar-refractivity contribution is 5.97. The average Bonchev–Trinajstić information content (AvgIpc) is 2.84. The number of benzene rings is 2. The minimum atomic E-state index is 1.45. The van der Waals surface area contributed by atoms with Crippen LogP contribution in [-0.4, -0.2) is 0 Å². The smallest absolute Gasteiger partial charge is 0.0114 e. The highest BCUT2D eigenvalue weighted by Gasteiger charge is 2.16.